The molecule has 1 atom stereocenters. The number of rotatable bonds is 5. The molecule has 2 N–H and O–H groups in total. The lowest BCUT2D eigenvalue weighted by Gasteiger charge is -2.28. The van der Waals surface area contributed by atoms with Crippen molar-refractivity contribution in [1.82, 2.24) is 15.8 Å². The highest BCUT2D eigenvalue weighted by Crippen LogP contribution is 2.24. The first-order valence-corrected chi connectivity index (χ1v) is 7.31. The van der Waals surface area contributed by atoms with Crippen molar-refractivity contribution >= 4 is 23.2 Å². The zero-order chi connectivity index (χ0) is 15.5. The molecule has 1 heterocycles. The second-order valence-electron chi connectivity index (χ2n) is 5.03. The minimum Gasteiger partial charge on any atom is -0.315 e. The minimum absolute atomic E-state index is 0.00146. The van der Waals surface area contributed by atoms with Crippen molar-refractivity contribution in [2.45, 2.75) is 25.2 Å². The number of benzene rings is 1. The standard InChI is InChI=1S/C13H16Cl2F3N3/c14-10-2-1-9(12(15)5-10)7-21(8-13(16,17)18)20-11-3-4-19-6-11/h1-2,5,11,19-20H,3-4,6-8H2/t11-/m0/s1. The summed E-state index contributed by atoms with van der Waals surface area (Å²) in [5.41, 5.74) is 3.52. The fourth-order valence-electron chi connectivity index (χ4n) is 2.24. The largest absolute Gasteiger partial charge is 0.402 e. The van der Waals surface area contributed by atoms with Gasteiger partial charge >= 0.3 is 6.18 Å². The Balaban J connectivity index is 2.06. The topological polar surface area (TPSA) is 27.3 Å². The second-order valence-corrected chi connectivity index (χ2v) is 5.87. The van der Waals surface area contributed by atoms with Gasteiger partial charge in [0, 0.05) is 29.2 Å². The number of alkyl halides is 3. The van der Waals surface area contributed by atoms with Crippen molar-refractivity contribution in [3.05, 3.63) is 33.8 Å². The van der Waals surface area contributed by atoms with E-state index in [4.69, 9.17) is 23.2 Å². The Bertz CT molecular complexity index is 476. The second kappa shape index (κ2) is 7.15. The van der Waals surface area contributed by atoms with E-state index >= 15 is 0 Å². The van der Waals surface area contributed by atoms with Gasteiger partial charge in [0.15, 0.2) is 0 Å². The number of halogens is 5. The van der Waals surface area contributed by atoms with Crippen molar-refractivity contribution in [2.75, 3.05) is 19.6 Å². The van der Waals surface area contributed by atoms with Crippen molar-refractivity contribution in [1.29, 1.82) is 0 Å². The summed E-state index contributed by atoms with van der Waals surface area (Å²) in [7, 11) is 0. The third-order valence-electron chi connectivity index (χ3n) is 3.17. The van der Waals surface area contributed by atoms with E-state index in [1.807, 2.05) is 0 Å². The van der Waals surface area contributed by atoms with Crippen LogP contribution in [-0.4, -0.2) is 36.9 Å². The molecule has 0 saturated carbocycles. The van der Waals surface area contributed by atoms with Crippen LogP contribution < -0.4 is 10.7 Å². The Morgan fingerprint density at radius 2 is 2.10 bits per heavy atom. The Labute approximate surface area is 131 Å². The number of hydrazine groups is 1. The molecule has 3 nitrogen and oxygen atoms in total. The van der Waals surface area contributed by atoms with E-state index in [2.05, 4.69) is 10.7 Å². The van der Waals surface area contributed by atoms with Gasteiger partial charge in [0.25, 0.3) is 0 Å². The number of nitrogens with one attached hydrogen (secondary N) is 2. The predicted octanol–water partition coefficient (Wildman–Crippen LogP) is 3.22. The Morgan fingerprint density at radius 1 is 1.33 bits per heavy atom. The van der Waals surface area contributed by atoms with E-state index in [1.54, 1.807) is 12.1 Å². The van der Waals surface area contributed by atoms with Crippen LogP contribution in [0.25, 0.3) is 0 Å². The van der Waals surface area contributed by atoms with Gasteiger partial charge < -0.3 is 5.32 Å². The predicted molar refractivity (Wildman–Crippen MR) is 77.3 cm³/mol. The molecule has 0 unspecified atom stereocenters. The SMILES string of the molecule is FC(F)(F)CN(Cc1ccc(Cl)cc1Cl)N[C@H]1CCNC1. The average Bonchev–Trinajstić information content (AvgIpc) is 2.83. The highest BCUT2D eigenvalue weighted by molar-refractivity contribution is 6.35. The Kier molecular flexibility index (Phi) is 5.73. The number of nitrogens with zero attached hydrogens (tertiary/aromatic N) is 1. The van der Waals surface area contributed by atoms with Crippen molar-refractivity contribution in [2.24, 2.45) is 0 Å². The summed E-state index contributed by atoms with van der Waals surface area (Å²) in [5, 5.41) is 5.09. The number of hydrogen-bond donors (Lipinski definition) is 2. The van der Waals surface area contributed by atoms with E-state index in [1.165, 1.54) is 6.07 Å². The third-order valence-corrected chi connectivity index (χ3v) is 3.76. The summed E-state index contributed by atoms with van der Waals surface area (Å²) in [6.07, 6.45) is -3.49. The number of hydrogen-bond acceptors (Lipinski definition) is 3. The first-order chi connectivity index (χ1) is 9.83. The minimum atomic E-state index is -4.28. The first kappa shape index (κ1) is 16.8. The van der Waals surface area contributed by atoms with Gasteiger partial charge in [0.1, 0.15) is 6.54 Å². The van der Waals surface area contributed by atoms with Crippen LogP contribution in [0.3, 0.4) is 0 Å². The van der Waals surface area contributed by atoms with Gasteiger partial charge in [0.05, 0.1) is 0 Å². The molecule has 0 radical (unpaired) electrons. The molecule has 118 valence electrons. The van der Waals surface area contributed by atoms with Gasteiger partial charge in [-0.3, -0.25) is 5.43 Å². The fourth-order valence-corrected chi connectivity index (χ4v) is 2.71. The summed E-state index contributed by atoms with van der Waals surface area (Å²) in [5.74, 6) is 0. The normalized spacial score (nSPS) is 19.4. The van der Waals surface area contributed by atoms with Crippen LogP contribution >= 0.6 is 23.2 Å². The van der Waals surface area contributed by atoms with Crippen LogP contribution in [0.5, 0.6) is 0 Å². The molecule has 21 heavy (non-hydrogen) atoms. The van der Waals surface area contributed by atoms with E-state index in [0.29, 0.717) is 22.2 Å². The molecule has 8 heteroatoms. The molecule has 1 aliphatic rings. The summed E-state index contributed by atoms with van der Waals surface area (Å²) < 4.78 is 38.1. The van der Waals surface area contributed by atoms with Crippen LogP contribution in [0.4, 0.5) is 13.2 Å². The summed E-state index contributed by atoms with van der Waals surface area (Å²) in [6, 6.07) is 4.79. The van der Waals surface area contributed by atoms with Crippen molar-refractivity contribution in [3.63, 3.8) is 0 Å². The molecule has 1 saturated heterocycles. The molecule has 0 amide bonds. The molecular formula is C13H16Cl2F3N3. The molecule has 0 bridgehead atoms. The fraction of sp³-hybridized carbons (Fsp3) is 0.538. The van der Waals surface area contributed by atoms with Crippen LogP contribution in [-0.2, 0) is 6.54 Å². The summed E-state index contributed by atoms with van der Waals surface area (Å²) in [6.45, 7) is 0.483. The van der Waals surface area contributed by atoms with Crippen LogP contribution in [0, 0.1) is 0 Å². The highest BCUT2D eigenvalue weighted by atomic mass is 35.5. The van der Waals surface area contributed by atoms with Gasteiger partial charge in [-0.1, -0.05) is 29.3 Å². The zero-order valence-corrected chi connectivity index (χ0v) is 12.7. The molecule has 1 aromatic carbocycles. The van der Waals surface area contributed by atoms with Gasteiger partial charge in [-0.2, -0.15) is 13.2 Å². The molecule has 0 aromatic heterocycles. The third kappa shape index (κ3) is 5.64. The molecular weight excluding hydrogens is 326 g/mol. The molecule has 0 aliphatic carbocycles. The summed E-state index contributed by atoms with van der Waals surface area (Å²) >= 11 is 11.8. The maximum absolute atomic E-state index is 12.7. The maximum atomic E-state index is 12.7. The Hall–Kier alpha value is -0.530. The van der Waals surface area contributed by atoms with Gasteiger partial charge in [-0.25, -0.2) is 5.01 Å². The molecule has 1 fully saturated rings. The van der Waals surface area contributed by atoms with Gasteiger partial charge in [-0.05, 0) is 30.7 Å². The summed E-state index contributed by atoms with van der Waals surface area (Å²) in [4.78, 5) is 0. The molecule has 1 aliphatic heterocycles. The smallest absolute Gasteiger partial charge is 0.315 e. The lowest BCUT2D eigenvalue weighted by atomic mass is 10.2. The van der Waals surface area contributed by atoms with Gasteiger partial charge in [-0.15, -0.1) is 0 Å². The monoisotopic (exact) mass is 341 g/mol. The van der Waals surface area contributed by atoms with E-state index in [-0.39, 0.29) is 12.6 Å². The lowest BCUT2D eigenvalue weighted by Crippen LogP contribution is -2.49. The zero-order valence-electron chi connectivity index (χ0n) is 11.2. The molecule has 2 rings (SSSR count). The maximum Gasteiger partial charge on any atom is 0.402 e. The van der Waals surface area contributed by atoms with Crippen molar-refractivity contribution in [3.8, 4) is 0 Å². The quantitative estimate of drug-likeness (QED) is 0.805. The molecule has 0 spiro atoms. The Morgan fingerprint density at radius 3 is 2.67 bits per heavy atom. The van der Waals surface area contributed by atoms with E-state index in [0.717, 1.165) is 18.0 Å². The first-order valence-electron chi connectivity index (χ1n) is 6.56. The molecule has 1 aromatic rings. The van der Waals surface area contributed by atoms with Crippen molar-refractivity contribution < 1.29 is 13.2 Å². The lowest BCUT2D eigenvalue weighted by molar-refractivity contribution is -0.155. The average molecular weight is 342 g/mol. The highest BCUT2D eigenvalue weighted by Gasteiger charge is 2.32. The van der Waals surface area contributed by atoms with E-state index in [9.17, 15) is 13.2 Å². The van der Waals surface area contributed by atoms with Crippen LogP contribution in [0.2, 0.25) is 10.0 Å². The van der Waals surface area contributed by atoms with E-state index < -0.39 is 12.7 Å². The van der Waals surface area contributed by atoms with Gasteiger partial charge in [0.2, 0.25) is 0 Å². The van der Waals surface area contributed by atoms with Crippen LogP contribution in [0.1, 0.15) is 12.0 Å². The van der Waals surface area contributed by atoms with Crippen LogP contribution in [0.15, 0.2) is 18.2 Å².